The Bertz CT molecular complexity index is 993. The van der Waals surface area contributed by atoms with Crippen molar-refractivity contribution in [1.82, 2.24) is 30.0 Å². The largest absolute Gasteiger partial charge is 0.348 e. The zero-order chi connectivity index (χ0) is 18.2. The van der Waals surface area contributed by atoms with Gasteiger partial charge in [-0.25, -0.2) is 4.98 Å². The molecular weight excluding hydrogens is 340 g/mol. The van der Waals surface area contributed by atoms with Crippen molar-refractivity contribution < 1.29 is 4.79 Å². The Hall–Kier alpha value is -2.80. The van der Waals surface area contributed by atoms with Crippen LogP contribution in [-0.2, 0) is 19.6 Å². The van der Waals surface area contributed by atoms with Crippen LogP contribution in [0.25, 0.3) is 11.0 Å². The van der Waals surface area contributed by atoms with Crippen LogP contribution >= 0.6 is 0 Å². The van der Waals surface area contributed by atoms with Crippen molar-refractivity contribution in [2.75, 3.05) is 6.54 Å². The summed E-state index contributed by atoms with van der Waals surface area (Å²) in [4.78, 5) is 23.9. The summed E-state index contributed by atoms with van der Waals surface area (Å²) in [7, 11) is 0. The fraction of sp³-hybridized carbons (Fsp3) is 0.400. The van der Waals surface area contributed by atoms with E-state index >= 15 is 0 Å². The molecule has 1 aromatic carbocycles. The first-order valence-corrected chi connectivity index (χ1v) is 9.55. The van der Waals surface area contributed by atoms with E-state index in [-0.39, 0.29) is 5.91 Å². The quantitative estimate of drug-likeness (QED) is 0.769. The summed E-state index contributed by atoms with van der Waals surface area (Å²) in [6, 6.07) is 10.2. The van der Waals surface area contributed by atoms with Crippen molar-refractivity contribution in [3.8, 4) is 0 Å². The maximum Gasteiger partial charge on any atom is 0.272 e. The third-order valence-electron chi connectivity index (χ3n) is 5.12. The number of amides is 1. The molecule has 0 saturated heterocycles. The van der Waals surface area contributed by atoms with Crippen LogP contribution in [-0.4, -0.2) is 43.1 Å². The van der Waals surface area contributed by atoms with Gasteiger partial charge in [-0.1, -0.05) is 12.1 Å². The van der Waals surface area contributed by atoms with Gasteiger partial charge in [-0.2, -0.15) is 5.10 Å². The molecule has 7 nitrogen and oxygen atoms in total. The van der Waals surface area contributed by atoms with Crippen molar-refractivity contribution in [1.29, 1.82) is 0 Å². The van der Waals surface area contributed by atoms with Gasteiger partial charge in [0.1, 0.15) is 5.69 Å². The van der Waals surface area contributed by atoms with Crippen LogP contribution in [0.15, 0.2) is 36.5 Å². The zero-order valence-electron chi connectivity index (χ0n) is 15.1. The Balaban J connectivity index is 1.32. The van der Waals surface area contributed by atoms with Gasteiger partial charge in [-0.15, -0.1) is 0 Å². The van der Waals surface area contributed by atoms with Crippen LogP contribution in [0.4, 0.5) is 0 Å². The van der Waals surface area contributed by atoms with Crippen LogP contribution in [0.2, 0.25) is 0 Å². The predicted molar refractivity (Wildman–Crippen MR) is 101 cm³/mol. The molecule has 2 aliphatic rings. The molecule has 0 atom stereocenters. The average Bonchev–Trinajstić information content (AvgIpc) is 3.44. The van der Waals surface area contributed by atoms with Crippen molar-refractivity contribution in [2.45, 2.75) is 44.9 Å². The molecular formula is C20H22N6O. The number of benzene rings is 1. The van der Waals surface area contributed by atoms with Crippen molar-refractivity contribution in [2.24, 2.45) is 0 Å². The third-order valence-corrected chi connectivity index (χ3v) is 5.12. The number of aromatic nitrogens is 4. The van der Waals surface area contributed by atoms with Crippen LogP contribution in [0.1, 0.15) is 41.1 Å². The van der Waals surface area contributed by atoms with Gasteiger partial charge in [0.25, 0.3) is 5.91 Å². The van der Waals surface area contributed by atoms with Crippen molar-refractivity contribution in [3.05, 3.63) is 53.6 Å². The minimum atomic E-state index is -0.0509. The van der Waals surface area contributed by atoms with Gasteiger partial charge in [-0.3, -0.25) is 19.4 Å². The Morgan fingerprint density at radius 1 is 1.19 bits per heavy atom. The standard InChI is InChI=1S/C20H22N6O/c27-20(23-14-6-7-14)19-10-16-13-25(8-3-9-26(16)24-19)12-15-11-21-17-4-1-2-5-18(17)22-15/h1-2,4-5,10-11,14H,3,6-9,12-13H2,(H,23,27). The van der Waals surface area contributed by atoms with Crippen LogP contribution in [0.3, 0.4) is 0 Å². The topological polar surface area (TPSA) is 75.9 Å². The number of hydrogen-bond donors (Lipinski definition) is 1. The van der Waals surface area contributed by atoms with Gasteiger partial charge in [-0.05, 0) is 37.5 Å². The van der Waals surface area contributed by atoms with Gasteiger partial charge >= 0.3 is 0 Å². The third kappa shape index (κ3) is 3.55. The first-order valence-electron chi connectivity index (χ1n) is 9.55. The van der Waals surface area contributed by atoms with E-state index in [9.17, 15) is 4.79 Å². The maximum atomic E-state index is 12.3. The number of para-hydroxylation sites is 2. The highest BCUT2D eigenvalue weighted by molar-refractivity contribution is 5.92. The first-order chi connectivity index (χ1) is 13.2. The fourth-order valence-electron chi connectivity index (χ4n) is 3.56. The number of carbonyl (C=O) groups is 1. The molecule has 27 heavy (non-hydrogen) atoms. The molecule has 0 unspecified atom stereocenters. The second kappa shape index (κ2) is 6.74. The lowest BCUT2D eigenvalue weighted by atomic mass is 10.2. The number of nitrogens with one attached hydrogen (secondary N) is 1. The molecule has 3 heterocycles. The summed E-state index contributed by atoms with van der Waals surface area (Å²) in [6.07, 6.45) is 5.03. The van der Waals surface area contributed by atoms with Gasteiger partial charge < -0.3 is 5.32 Å². The van der Waals surface area contributed by atoms with Gasteiger partial charge in [0.15, 0.2) is 0 Å². The Labute approximate surface area is 157 Å². The molecule has 1 aliphatic heterocycles. The molecule has 1 aliphatic carbocycles. The van der Waals surface area contributed by atoms with E-state index < -0.39 is 0 Å². The Morgan fingerprint density at radius 2 is 2.04 bits per heavy atom. The lowest BCUT2D eigenvalue weighted by Gasteiger charge is -2.18. The van der Waals surface area contributed by atoms with Crippen molar-refractivity contribution in [3.63, 3.8) is 0 Å². The highest BCUT2D eigenvalue weighted by atomic mass is 16.2. The van der Waals surface area contributed by atoms with E-state index in [4.69, 9.17) is 4.98 Å². The number of nitrogens with zero attached hydrogens (tertiary/aromatic N) is 5. The molecule has 7 heteroatoms. The predicted octanol–water partition coefficient (Wildman–Crippen LogP) is 2.12. The molecule has 2 aromatic heterocycles. The summed E-state index contributed by atoms with van der Waals surface area (Å²) in [6.45, 7) is 3.32. The van der Waals surface area contributed by atoms with Gasteiger partial charge in [0.2, 0.25) is 0 Å². The molecule has 0 bridgehead atoms. The SMILES string of the molecule is O=C(NC1CC1)c1cc2n(n1)CCCN(Cc1cnc3ccccc3n1)C2. The Kier molecular flexibility index (Phi) is 4.09. The van der Waals surface area contributed by atoms with E-state index in [0.29, 0.717) is 11.7 Å². The Morgan fingerprint density at radius 3 is 2.89 bits per heavy atom. The smallest absolute Gasteiger partial charge is 0.272 e. The van der Waals surface area contributed by atoms with Crippen LogP contribution in [0, 0.1) is 0 Å². The number of rotatable bonds is 4. The summed E-state index contributed by atoms with van der Waals surface area (Å²) in [5.74, 6) is -0.0509. The molecule has 5 rings (SSSR count). The fourth-order valence-corrected chi connectivity index (χ4v) is 3.56. The average molecular weight is 362 g/mol. The first kappa shape index (κ1) is 16.4. The highest BCUT2D eigenvalue weighted by Gasteiger charge is 2.26. The number of aryl methyl sites for hydroxylation is 1. The number of hydrogen-bond acceptors (Lipinski definition) is 5. The van der Waals surface area contributed by atoms with Gasteiger partial charge in [0.05, 0.1) is 28.6 Å². The minimum absolute atomic E-state index is 0.0509. The second-order valence-corrected chi connectivity index (χ2v) is 7.41. The van der Waals surface area contributed by atoms with E-state index in [0.717, 1.165) is 67.9 Å². The molecule has 3 aromatic rings. The second-order valence-electron chi connectivity index (χ2n) is 7.41. The number of carbonyl (C=O) groups excluding carboxylic acids is 1. The van der Waals surface area contributed by atoms with E-state index in [2.05, 4.69) is 20.3 Å². The highest BCUT2D eigenvalue weighted by Crippen LogP contribution is 2.20. The van der Waals surface area contributed by atoms with E-state index in [1.165, 1.54) is 0 Å². The number of fused-ring (bicyclic) bond motifs is 2. The molecule has 1 fully saturated rings. The molecule has 1 N–H and O–H groups in total. The maximum absolute atomic E-state index is 12.3. The minimum Gasteiger partial charge on any atom is -0.348 e. The molecule has 138 valence electrons. The lowest BCUT2D eigenvalue weighted by molar-refractivity contribution is 0.0945. The lowest BCUT2D eigenvalue weighted by Crippen LogP contribution is -2.26. The molecule has 0 radical (unpaired) electrons. The van der Waals surface area contributed by atoms with E-state index in [1.54, 1.807) is 0 Å². The van der Waals surface area contributed by atoms with Crippen LogP contribution < -0.4 is 5.32 Å². The zero-order valence-corrected chi connectivity index (χ0v) is 15.1. The summed E-state index contributed by atoms with van der Waals surface area (Å²) in [5.41, 5.74) is 4.43. The molecule has 0 spiro atoms. The monoisotopic (exact) mass is 362 g/mol. The van der Waals surface area contributed by atoms with E-state index in [1.807, 2.05) is 41.2 Å². The molecule has 1 saturated carbocycles. The molecule has 1 amide bonds. The van der Waals surface area contributed by atoms with Crippen molar-refractivity contribution >= 4 is 16.9 Å². The summed E-state index contributed by atoms with van der Waals surface area (Å²) >= 11 is 0. The summed E-state index contributed by atoms with van der Waals surface area (Å²) < 4.78 is 1.98. The van der Waals surface area contributed by atoms with Gasteiger partial charge in [0, 0.05) is 32.2 Å². The summed E-state index contributed by atoms with van der Waals surface area (Å²) in [5, 5.41) is 7.54. The van der Waals surface area contributed by atoms with Crippen LogP contribution in [0.5, 0.6) is 0 Å². The normalized spacial score (nSPS) is 17.5.